The molecule has 2 rings (SSSR count). The lowest BCUT2D eigenvalue weighted by molar-refractivity contribution is 0.595. The number of aliphatic imine (C=N–C) groups is 1. The average Bonchev–Trinajstić information content (AvgIpc) is 2.52. The number of nitrogens with zero attached hydrogens (tertiary/aromatic N) is 1. The first-order valence-electron chi connectivity index (χ1n) is 5.44. The van der Waals surface area contributed by atoms with Crippen molar-refractivity contribution < 1.29 is 8.42 Å². The second kappa shape index (κ2) is 4.46. The van der Waals surface area contributed by atoms with Crippen molar-refractivity contribution in [3.63, 3.8) is 0 Å². The van der Waals surface area contributed by atoms with Crippen LogP contribution < -0.4 is 10.5 Å². The van der Waals surface area contributed by atoms with Crippen molar-refractivity contribution >= 4 is 15.9 Å². The van der Waals surface area contributed by atoms with E-state index in [9.17, 15) is 8.42 Å². The lowest BCUT2D eigenvalue weighted by Gasteiger charge is -2.05. The van der Waals surface area contributed by atoms with E-state index in [2.05, 4.69) is 9.71 Å². The minimum atomic E-state index is -3.43. The molecular weight excluding hydrogens is 238 g/mol. The Labute approximate surface area is 101 Å². The average molecular weight is 253 g/mol. The van der Waals surface area contributed by atoms with Gasteiger partial charge in [-0.25, -0.2) is 8.42 Å². The fraction of sp³-hybridized carbons (Fsp3) is 0.364. The maximum Gasteiger partial charge on any atom is 0.263 e. The highest BCUT2D eigenvalue weighted by atomic mass is 32.2. The molecule has 0 saturated heterocycles. The predicted molar refractivity (Wildman–Crippen MR) is 66.4 cm³/mol. The third-order valence-corrected chi connectivity index (χ3v) is 3.99. The van der Waals surface area contributed by atoms with E-state index in [0.717, 1.165) is 6.42 Å². The predicted octanol–water partition coefficient (Wildman–Crippen LogP) is 0.462. The highest BCUT2D eigenvalue weighted by molar-refractivity contribution is 7.90. The third-order valence-electron chi connectivity index (χ3n) is 2.60. The number of benzene rings is 1. The molecule has 0 aliphatic carbocycles. The van der Waals surface area contributed by atoms with E-state index in [0.29, 0.717) is 22.8 Å². The lowest BCUT2D eigenvalue weighted by atomic mass is 10.2. The Bertz CT molecular complexity index is 552. The summed E-state index contributed by atoms with van der Waals surface area (Å²) in [5.74, 6) is 0.418. The van der Waals surface area contributed by atoms with Gasteiger partial charge in [0.25, 0.3) is 10.0 Å². The largest absolute Gasteiger partial charge is 0.330 e. The molecule has 1 aromatic carbocycles. The van der Waals surface area contributed by atoms with Crippen molar-refractivity contribution in [2.45, 2.75) is 24.3 Å². The molecule has 6 heteroatoms. The van der Waals surface area contributed by atoms with E-state index >= 15 is 0 Å². The Kier molecular flexibility index (Phi) is 3.17. The van der Waals surface area contributed by atoms with Crippen LogP contribution in [0, 0.1) is 0 Å². The van der Waals surface area contributed by atoms with Gasteiger partial charge in [0.2, 0.25) is 0 Å². The van der Waals surface area contributed by atoms with E-state index in [1.54, 1.807) is 24.3 Å². The highest BCUT2D eigenvalue weighted by Gasteiger charge is 2.30. The van der Waals surface area contributed by atoms with Gasteiger partial charge in [-0.1, -0.05) is 12.1 Å². The van der Waals surface area contributed by atoms with Crippen molar-refractivity contribution in [2.24, 2.45) is 10.7 Å². The summed E-state index contributed by atoms with van der Waals surface area (Å²) in [6.45, 7) is 2.45. The number of sulfonamides is 1. The number of nitrogens with one attached hydrogen (secondary N) is 1. The van der Waals surface area contributed by atoms with Gasteiger partial charge in [-0.05, 0) is 32.0 Å². The van der Waals surface area contributed by atoms with E-state index in [4.69, 9.17) is 5.73 Å². The number of fused-ring (bicyclic) bond motifs is 1. The molecule has 17 heavy (non-hydrogen) atoms. The van der Waals surface area contributed by atoms with Crippen molar-refractivity contribution in [2.75, 3.05) is 6.54 Å². The monoisotopic (exact) mass is 253 g/mol. The van der Waals surface area contributed by atoms with Crippen LogP contribution in [-0.2, 0) is 10.0 Å². The van der Waals surface area contributed by atoms with Crippen LogP contribution in [0.1, 0.15) is 18.9 Å². The zero-order valence-electron chi connectivity index (χ0n) is 9.55. The molecule has 3 N–H and O–H groups in total. The molecule has 1 aromatic rings. The van der Waals surface area contributed by atoms with Crippen molar-refractivity contribution in [1.82, 2.24) is 4.72 Å². The molecule has 0 amide bonds. The van der Waals surface area contributed by atoms with Gasteiger partial charge in [0.1, 0.15) is 5.84 Å². The summed E-state index contributed by atoms with van der Waals surface area (Å²) in [7, 11) is -3.43. The Balaban J connectivity index is 2.42. The van der Waals surface area contributed by atoms with Gasteiger partial charge < -0.3 is 5.73 Å². The number of hydrogen-bond acceptors (Lipinski definition) is 4. The molecule has 1 unspecified atom stereocenters. The highest BCUT2D eigenvalue weighted by Crippen LogP contribution is 2.22. The van der Waals surface area contributed by atoms with Crippen LogP contribution in [0.4, 0.5) is 0 Å². The van der Waals surface area contributed by atoms with E-state index < -0.39 is 10.0 Å². The van der Waals surface area contributed by atoms with Crippen molar-refractivity contribution in [1.29, 1.82) is 0 Å². The van der Waals surface area contributed by atoms with Crippen LogP contribution in [0.2, 0.25) is 0 Å². The van der Waals surface area contributed by atoms with Gasteiger partial charge in [0, 0.05) is 5.56 Å². The molecule has 0 saturated carbocycles. The van der Waals surface area contributed by atoms with Gasteiger partial charge in [-0.3, -0.25) is 9.71 Å². The normalized spacial score (nSPS) is 20.9. The van der Waals surface area contributed by atoms with Gasteiger partial charge in [-0.15, -0.1) is 0 Å². The van der Waals surface area contributed by atoms with Gasteiger partial charge >= 0.3 is 0 Å². The molecule has 0 radical (unpaired) electrons. The molecule has 1 heterocycles. The molecule has 0 aromatic heterocycles. The fourth-order valence-corrected chi connectivity index (χ4v) is 2.99. The Hall–Kier alpha value is -1.40. The van der Waals surface area contributed by atoms with E-state index in [-0.39, 0.29) is 6.04 Å². The molecule has 92 valence electrons. The summed E-state index contributed by atoms with van der Waals surface area (Å²) >= 11 is 0. The molecule has 1 aliphatic heterocycles. The summed E-state index contributed by atoms with van der Waals surface area (Å²) < 4.78 is 26.0. The second-order valence-corrected chi connectivity index (χ2v) is 5.66. The first-order chi connectivity index (χ1) is 8.04. The number of nitrogens with two attached hydrogens (primary N) is 1. The molecule has 0 bridgehead atoms. The number of rotatable bonds is 3. The van der Waals surface area contributed by atoms with Gasteiger partial charge in [-0.2, -0.15) is 0 Å². The Morgan fingerprint density at radius 3 is 2.82 bits per heavy atom. The van der Waals surface area contributed by atoms with Crippen LogP contribution >= 0.6 is 0 Å². The maximum atomic E-state index is 11.8. The van der Waals surface area contributed by atoms with Crippen molar-refractivity contribution in [3.05, 3.63) is 29.8 Å². The lowest BCUT2D eigenvalue weighted by Crippen LogP contribution is -2.24. The topological polar surface area (TPSA) is 84.5 Å². The molecule has 1 aliphatic rings. The summed E-state index contributed by atoms with van der Waals surface area (Å²) in [6, 6.07) is 6.83. The van der Waals surface area contributed by atoms with Crippen LogP contribution in [0.5, 0.6) is 0 Å². The minimum Gasteiger partial charge on any atom is -0.330 e. The number of hydrogen-bond donors (Lipinski definition) is 2. The molecular formula is C11H15N3O2S. The Morgan fingerprint density at radius 2 is 2.12 bits per heavy atom. The summed E-state index contributed by atoms with van der Waals surface area (Å²) in [5.41, 5.74) is 6.08. The molecule has 1 atom stereocenters. The quantitative estimate of drug-likeness (QED) is 0.820. The summed E-state index contributed by atoms with van der Waals surface area (Å²) in [6.07, 6.45) is 0.730. The zero-order valence-corrected chi connectivity index (χ0v) is 10.4. The smallest absolute Gasteiger partial charge is 0.263 e. The summed E-state index contributed by atoms with van der Waals surface area (Å²) in [5, 5.41) is 0. The zero-order chi connectivity index (χ0) is 12.5. The van der Waals surface area contributed by atoms with E-state index in [1.165, 1.54) is 0 Å². The minimum absolute atomic E-state index is 0.00357. The van der Waals surface area contributed by atoms with Crippen LogP contribution in [0.25, 0.3) is 0 Å². The maximum absolute atomic E-state index is 11.8. The van der Waals surface area contributed by atoms with Gasteiger partial charge in [0.15, 0.2) is 0 Å². The summed E-state index contributed by atoms with van der Waals surface area (Å²) in [4.78, 5) is 4.64. The van der Waals surface area contributed by atoms with Crippen molar-refractivity contribution in [3.8, 4) is 0 Å². The fourth-order valence-electron chi connectivity index (χ4n) is 1.76. The van der Waals surface area contributed by atoms with Crippen LogP contribution in [0.3, 0.4) is 0 Å². The molecule has 0 spiro atoms. The second-order valence-electron chi connectivity index (χ2n) is 4.01. The van der Waals surface area contributed by atoms with E-state index in [1.807, 2.05) is 6.92 Å². The standard InChI is InChI=1S/C11H15N3O2S/c1-8(6-7-12)13-11-9-4-2-3-5-10(9)17(15,16)14-11/h2-5,8H,6-7,12H2,1H3,(H,13,14). The van der Waals surface area contributed by atoms with Crippen LogP contribution in [-0.4, -0.2) is 26.8 Å². The number of amidine groups is 1. The molecule has 5 nitrogen and oxygen atoms in total. The first kappa shape index (κ1) is 12.1. The third kappa shape index (κ3) is 2.32. The molecule has 0 fully saturated rings. The first-order valence-corrected chi connectivity index (χ1v) is 6.93. The van der Waals surface area contributed by atoms with Crippen LogP contribution in [0.15, 0.2) is 34.2 Å². The SMILES string of the molecule is CC(CCN)N=C1NS(=O)(=O)c2ccccc21. The Morgan fingerprint density at radius 1 is 1.41 bits per heavy atom. The van der Waals surface area contributed by atoms with Gasteiger partial charge in [0.05, 0.1) is 10.9 Å².